The van der Waals surface area contributed by atoms with Gasteiger partial charge in [-0.3, -0.25) is 9.79 Å². The molecule has 0 saturated heterocycles. The van der Waals surface area contributed by atoms with Gasteiger partial charge in [0.25, 0.3) is 0 Å². The fourth-order valence-corrected chi connectivity index (χ4v) is 1.65. The van der Waals surface area contributed by atoms with E-state index in [1.807, 2.05) is 4.57 Å². The highest BCUT2D eigenvalue weighted by Crippen LogP contribution is 2.08. The molecule has 0 fully saturated rings. The largest absolute Gasteiger partial charge is 0.312 e. The van der Waals surface area contributed by atoms with Crippen molar-refractivity contribution in [1.82, 2.24) is 4.57 Å². The van der Waals surface area contributed by atoms with Gasteiger partial charge in [-0.2, -0.15) is 0 Å². The molecule has 2 rings (SSSR count). The third-order valence-electron chi connectivity index (χ3n) is 2.45. The minimum Gasteiger partial charge on any atom is -0.312 e. The molecule has 3 heteroatoms. The molecule has 1 aromatic heterocycles. The highest BCUT2D eigenvalue weighted by Gasteiger charge is 2.04. The summed E-state index contributed by atoms with van der Waals surface area (Å²) in [6.07, 6.45) is 8.25. The molecule has 14 heavy (non-hydrogen) atoms. The molecule has 1 aliphatic heterocycles. The van der Waals surface area contributed by atoms with E-state index in [1.54, 1.807) is 24.5 Å². The lowest BCUT2D eigenvalue weighted by Crippen LogP contribution is -2.13. The molecule has 0 atom stereocenters. The fourth-order valence-electron chi connectivity index (χ4n) is 1.65. The van der Waals surface area contributed by atoms with E-state index in [4.69, 9.17) is 0 Å². The predicted octanol–water partition coefficient (Wildman–Crippen LogP) is 1.67. The van der Waals surface area contributed by atoms with Gasteiger partial charge in [0.15, 0.2) is 5.43 Å². The van der Waals surface area contributed by atoms with Crippen LogP contribution < -0.4 is 5.43 Å². The molecule has 0 bridgehead atoms. The van der Waals surface area contributed by atoms with Gasteiger partial charge in [0.05, 0.1) is 0 Å². The molecule has 0 aliphatic carbocycles. The van der Waals surface area contributed by atoms with Crippen LogP contribution in [-0.2, 0) is 0 Å². The van der Waals surface area contributed by atoms with Crippen molar-refractivity contribution in [2.24, 2.45) is 4.99 Å². The van der Waals surface area contributed by atoms with E-state index in [0.717, 1.165) is 18.8 Å². The Hall–Kier alpha value is -1.38. The molecule has 0 spiro atoms. The van der Waals surface area contributed by atoms with Crippen molar-refractivity contribution in [3.8, 4) is 0 Å². The number of pyridine rings is 1. The average Bonchev–Trinajstić information content (AvgIpc) is 2.47. The number of rotatable bonds is 0. The second-order valence-corrected chi connectivity index (χ2v) is 3.55. The molecule has 1 aromatic rings. The third kappa shape index (κ3) is 2.10. The molecule has 0 amide bonds. The Morgan fingerprint density at radius 3 is 2.71 bits per heavy atom. The molecule has 3 nitrogen and oxygen atoms in total. The SMILES string of the molecule is O=c1ccn(C2=NCCCCC2)cc1. The smallest absolute Gasteiger partial charge is 0.181 e. The van der Waals surface area contributed by atoms with Crippen molar-refractivity contribution in [2.75, 3.05) is 6.54 Å². The molecule has 0 aromatic carbocycles. The predicted molar refractivity (Wildman–Crippen MR) is 56.9 cm³/mol. The molecule has 74 valence electrons. The molecular formula is C11H14N2O. The Morgan fingerprint density at radius 2 is 1.93 bits per heavy atom. The van der Waals surface area contributed by atoms with Gasteiger partial charge in [-0.05, 0) is 12.8 Å². The topological polar surface area (TPSA) is 34.4 Å². The first-order valence-corrected chi connectivity index (χ1v) is 5.08. The summed E-state index contributed by atoms with van der Waals surface area (Å²) in [5, 5.41) is 0. The van der Waals surface area contributed by atoms with E-state index in [-0.39, 0.29) is 5.43 Å². The monoisotopic (exact) mass is 190 g/mol. The molecule has 1 aliphatic rings. The van der Waals surface area contributed by atoms with Gasteiger partial charge in [0, 0.05) is 37.5 Å². The zero-order valence-corrected chi connectivity index (χ0v) is 8.15. The highest BCUT2D eigenvalue weighted by atomic mass is 16.1. The lowest BCUT2D eigenvalue weighted by Gasteiger charge is -2.06. The average molecular weight is 190 g/mol. The van der Waals surface area contributed by atoms with Crippen LogP contribution in [0.4, 0.5) is 0 Å². The maximum absolute atomic E-state index is 10.9. The first kappa shape index (κ1) is 9.19. The van der Waals surface area contributed by atoms with E-state index in [2.05, 4.69) is 4.99 Å². The maximum Gasteiger partial charge on any atom is 0.181 e. The maximum atomic E-state index is 10.9. The van der Waals surface area contributed by atoms with Gasteiger partial charge in [0.2, 0.25) is 0 Å². The summed E-state index contributed by atoms with van der Waals surface area (Å²) in [7, 11) is 0. The van der Waals surface area contributed by atoms with Gasteiger partial charge in [-0.1, -0.05) is 6.42 Å². The van der Waals surface area contributed by atoms with E-state index in [9.17, 15) is 4.79 Å². The van der Waals surface area contributed by atoms with Crippen LogP contribution >= 0.6 is 0 Å². The second-order valence-electron chi connectivity index (χ2n) is 3.55. The van der Waals surface area contributed by atoms with Crippen LogP contribution in [0.5, 0.6) is 0 Å². The van der Waals surface area contributed by atoms with Crippen molar-refractivity contribution in [1.29, 1.82) is 0 Å². The van der Waals surface area contributed by atoms with Gasteiger partial charge in [-0.25, -0.2) is 0 Å². The van der Waals surface area contributed by atoms with Crippen LogP contribution in [0.3, 0.4) is 0 Å². The van der Waals surface area contributed by atoms with Crippen molar-refractivity contribution in [3.63, 3.8) is 0 Å². The zero-order valence-electron chi connectivity index (χ0n) is 8.15. The molecule has 0 N–H and O–H groups in total. The van der Waals surface area contributed by atoms with Crippen LogP contribution in [0.2, 0.25) is 0 Å². The molecule has 0 radical (unpaired) electrons. The second kappa shape index (κ2) is 4.22. The van der Waals surface area contributed by atoms with E-state index in [0.29, 0.717) is 0 Å². The van der Waals surface area contributed by atoms with Crippen LogP contribution in [0.15, 0.2) is 34.3 Å². The van der Waals surface area contributed by atoms with Crippen molar-refractivity contribution >= 4 is 5.84 Å². The van der Waals surface area contributed by atoms with Crippen LogP contribution in [-0.4, -0.2) is 16.9 Å². The lowest BCUT2D eigenvalue weighted by molar-refractivity contribution is 0.729. The summed E-state index contributed by atoms with van der Waals surface area (Å²) in [5.74, 6) is 1.09. The Balaban J connectivity index is 2.24. The molecule has 0 saturated carbocycles. The molecule has 2 heterocycles. The molecule has 0 unspecified atom stereocenters. The summed E-state index contributed by atoms with van der Waals surface area (Å²) in [4.78, 5) is 15.4. The zero-order chi connectivity index (χ0) is 9.80. The molecular weight excluding hydrogens is 176 g/mol. The van der Waals surface area contributed by atoms with Crippen molar-refractivity contribution in [3.05, 3.63) is 34.7 Å². The third-order valence-corrected chi connectivity index (χ3v) is 2.45. The van der Waals surface area contributed by atoms with Gasteiger partial charge in [0.1, 0.15) is 5.84 Å². The number of aromatic nitrogens is 1. The Kier molecular flexibility index (Phi) is 2.77. The quantitative estimate of drug-likeness (QED) is 0.612. The fraction of sp³-hybridized carbons (Fsp3) is 0.455. The number of nitrogens with zero attached hydrogens (tertiary/aromatic N) is 2. The first-order valence-electron chi connectivity index (χ1n) is 5.08. The summed E-state index contributed by atoms with van der Waals surface area (Å²) in [6, 6.07) is 3.15. The Morgan fingerprint density at radius 1 is 1.14 bits per heavy atom. The van der Waals surface area contributed by atoms with E-state index >= 15 is 0 Å². The number of hydrogen-bond acceptors (Lipinski definition) is 2. The lowest BCUT2D eigenvalue weighted by atomic mass is 10.2. The summed E-state index contributed by atoms with van der Waals surface area (Å²) >= 11 is 0. The van der Waals surface area contributed by atoms with Gasteiger partial charge < -0.3 is 4.57 Å². The van der Waals surface area contributed by atoms with E-state index in [1.165, 1.54) is 19.3 Å². The Labute approximate surface area is 83.1 Å². The standard InChI is InChI=1S/C11H14N2O/c14-10-5-8-13(9-6-10)11-4-2-1-3-7-12-11/h5-6,8-9H,1-4,7H2. The van der Waals surface area contributed by atoms with Crippen LogP contribution in [0, 0.1) is 0 Å². The summed E-state index contributed by atoms with van der Waals surface area (Å²) in [5.41, 5.74) is 0.0514. The van der Waals surface area contributed by atoms with E-state index < -0.39 is 0 Å². The summed E-state index contributed by atoms with van der Waals surface area (Å²) < 4.78 is 1.95. The number of hydrogen-bond donors (Lipinski definition) is 0. The first-order chi connectivity index (χ1) is 6.86. The summed E-state index contributed by atoms with van der Waals surface area (Å²) in [6.45, 7) is 0.918. The van der Waals surface area contributed by atoms with Crippen molar-refractivity contribution in [2.45, 2.75) is 25.7 Å². The van der Waals surface area contributed by atoms with Gasteiger partial charge in [-0.15, -0.1) is 0 Å². The highest BCUT2D eigenvalue weighted by molar-refractivity contribution is 5.84. The number of aliphatic imine (C=N–C) groups is 1. The van der Waals surface area contributed by atoms with Gasteiger partial charge >= 0.3 is 0 Å². The minimum atomic E-state index is 0.0514. The normalized spacial score (nSPS) is 17.3. The van der Waals surface area contributed by atoms with Crippen LogP contribution in [0.1, 0.15) is 25.7 Å². The Bertz CT molecular complexity index is 372. The minimum absolute atomic E-state index is 0.0514. The van der Waals surface area contributed by atoms with Crippen LogP contribution in [0.25, 0.3) is 0 Å². The van der Waals surface area contributed by atoms with Crippen molar-refractivity contribution < 1.29 is 0 Å².